The highest BCUT2D eigenvalue weighted by Gasteiger charge is 2.45. The summed E-state index contributed by atoms with van der Waals surface area (Å²) in [7, 11) is 0. The van der Waals surface area contributed by atoms with Gasteiger partial charge in [0.15, 0.2) is 0 Å². The van der Waals surface area contributed by atoms with E-state index in [-0.39, 0.29) is 24.8 Å². The molecular weight excluding hydrogens is 338 g/mol. The van der Waals surface area contributed by atoms with Gasteiger partial charge >= 0.3 is 5.97 Å². The molecular formula is C15H14BrNO4. The van der Waals surface area contributed by atoms with E-state index in [1.54, 1.807) is 18.2 Å². The number of carboxylic acid groups (broad SMARTS) is 1. The normalized spacial score (nSPS) is 19.4. The van der Waals surface area contributed by atoms with Crippen molar-refractivity contribution in [2.24, 2.45) is 5.41 Å². The van der Waals surface area contributed by atoms with Gasteiger partial charge in [0, 0.05) is 11.0 Å². The second kappa shape index (κ2) is 4.94. The Labute approximate surface area is 130 Å². The van der Waals surface area contributed by atoms with E-state index in [0.29, 0.717) is 11.1 Å². The van der Waals surface area contributed by atoms with Crippen LogP contribution < -0.4 is 0 Å². The molecule has 0 saturated heterocycles. The number of carbonyl (C=O) groups excluding carboxylic acids is 2. The molecule has 0 atom stereocenters. The van der Waals surface area contributed by atoms with E-state index >= 15 is 0 Å². The molecule has 21 heavy (non-hydrogen) atoms. The molecule has 2 amide bonds. The predicted molar refractivity (Wildman–Crippen MR) is 78.0 cm³/mol. The summed E-state index contributed by atoms with van der Waals surface area (Å²) in [6.07, 6.45) is 2.44. The van der Waals surface area contributed by atoms with Crippen molar-refractivity contribution in [3.05, 3.63) is 33.8 Å². The van der Waals surface area contributed by atoms with Crippen LogP contribution in [0.2, 0.25) is 0 Å². The molecule has 2 aliphatic rings. The number of hydrogen-bond acceptors (Lipinski definition) is 3. The fourth-order valence-corrected chi connectivity index (χ4v) is 3.49. The highest BCUT2D eigenvalue weighted by molar-refractivity contribution is 9.10. The zero-order valence-corrected chi connectivity index (χ0v) is 12.9. The lowest BCUT2D eigenvalue weighted by Crippen LogP contribution is -2.45. The molecule has 0 unspecified atom stereocenters. The van der Waals surface area contributed by atoms with E-state index in [1.807, 2.05) is 0 Å². The summed E-state index contributed by atoms with van der Waals surface area (Å²) in [5, 5.41) is 9.04. The quantitative estimate of drug-likeness (QED) is 0.846. The molecule has 0 aromatic heterocycles. The molecule has 5 nitrogen and oxygen atoms in total. The van der Waals surface area contributed by atoms with E-state index in [1.165, 1.54) is 4.90 Å². The van der Waals surface area contributed by atoms with Gasteiger partial charge in [0.05, 0.1) is 17.5 Å². The largest absolute Gasteiger partial charge is 0.481 e. The Balaban J connectivity index is 1.86. The van der Waals surface area contributed by atoms with E-state index in [9.17, 15) is 14.4 Å². The first-order chi connectivity index (χ1) is 9.92. The Bertz CT molecular complexity index is 651. The average Bonchev–Trinajstić information content (AvgIpc) is 2.60. The van der Waals surface area contributed by atoms with Crippen molar-refractivity contribution in [2.45, 2.75) is 25.7 Å². The average molecular weight is 352 g/mol. The van der Waals surface area contributed by atoms with Crippen molar-refractivity contribution >= 4 is 33.7 Å². The molecule has 1 aromatic carbocycles. The second-order valence-corrected chi connectivity index (χ2v) is 6.73. The molecule has 1 saturated carbocycles. The number of aliphatic carboxylic acids is 1. The Kier molecular flexibility index (Phi) is 3.36. The van der Waals surface area contributed by atoms with Gasteiger partial charge in [-0.25, -0.2) is 0 Å². The molecule has 0 bridgehead atoms. The minimum Gasteiger partial charge on any atom is -0.481 e. The molecule has 1 aliphatic carbocycles. The maximum atomic E-state index is 12.4. The van der Waals surface area contributed by atoms with Crippen LogP contribution in [-0.4, -0.2) is 34.3 Å². The van der Waals surface area contributed by atoms with Crippen molar-refractivity contribution in [2.75, 3.05) is 6.54 Å². The number of carboxylic acids is 1. The van der Waals surface area contributed by atoms with Crippen molar-refractivity contribution in [3.8, 4) is 0 Å². The molecule has 1 aromatic rings. The fourth-order valence-electron chi connectivity index (χ4n) is 3.13. The monoisotopic (exact) mass is 351 g/mol. The van der Waals surface area contributed by atoms with Gasteiger partial charge < -0.3 is 5.11 Å². The van der Waals surface area contributed by atoms with Crippen LogP contribution >= 0.6 is 15.9 Å². The molecule has 3 rings (SSSR count). The number of rotatable bonds is 4. The van der Waals surface area contributed by atoms with Crippen molar-refractivity contribution in [3.63, 3.8) is 0 Å². The van der Waals surface area contributed by atoms with Crippen LogP contribution in [0.1, 0.15) is 46.4 Å². The van der Waals surface area contributed by atoms with Crippen LogP contribution in [0.5, 0.6) is 0 Å². The summed E-state index contributed by atoms with van der Waals surface area (Å²) >= 11 is 3.29. The molecule has 6 heteroatoms. The number of amides is 2. The summed E-state index contributed by atoms with van der Waals surface area (Å²) in [6.45, 7) is 0.198. The van der Waals surface area contributed by atoms with Gasteiger partial charge in [0.2, 0.25) is 0 Å². The van der Waals surface area contributed by atoms with Crippen LogP contribution in [0.4, 0.5) is 0 Å². The van der Waals surface area contributed by atoms with Crippen LogP contribution in [0.25, 0.3) is 0 Å². The third-order valence-corrected chi connectivity index (χ3v) is 4.86. The van der Waals surface area contributed by atoms with Gasteiger partial charge in [-0.3, -0.25) is 19.3 Å². The zero-order valence-electron chi connectivity index (χ0n) is 11.3. The lowest BCUT2D eigenvalue weighted by atomic mass is 9.66. The topological polar surface area (TPSA) is 74.7 Å². The number of halogens is 1. The first kappa shape index (κ1) is 14.3. The third-order valence-electron chi connectivity index (χ3n) is 4.37. The van der Waals surface area contributed by atoms with Crippen LogP contribution in [0.15, 0.2) is 22.7 Å². The van der Waals surface area contributed by atoms with Crippen LogP contribution in [-0.2, 0) is 4.79 Å². The van der Waals surface area contributed by atoms with Gasteiger partial charge in [-0.15, -0.1) is 0 Å². The molecule has 1 fully saturated rings. The predicted octanol–water partition coefficient (Wildman–Crippen LogP) is 2.69. The smallest absolute Gasteiger partial charge is 0.303 e. The summed E-state index contributed by atoms with van der Waals surface area (Å²) in [4.78, 5) is 37.0. The minimum absolute atomic E-state index is 0.00407. The second-order valence-electron chi connectivity index (χ2n) is 5.81. The SMILES string of the molecule is O=C(O)CC1(CN2C(=O)c3ccc(Br)cc3C2=O)CCC1. The number of carbonyl (C=O) groups is 3. The molecule has 1 aliphatic heterocycles. The summed E-state index contributed by atoms with van der Waals surface area (Å²) < 4.78 is 0.744. The maximum absolute atomic E-state index is 12.4. The number of imide groups is 1. The summed E-state index contributed by atoms with van der Waals surface area (Å²) in [5.41, 5.74) is 0.336. The molecule has 110 valence electrons. The van der Waals surface area contributed by atoms with Gasteiger partial charge in [0.1, 0.15) is 0 Å². The first-order valence-electron chi connectivity index (χ1n) is 6.79. The summed E-state index contributed by atoms with van der Waals surface area (Å²) in [5.74, 6) is -1.53. The van der Waals surface area contributed by atoms with Gasteiger partial charge in [-0.05, 0) is 36.5 Å². The number of hydrogen-bond donors (Lipinski definition) is 1. The van der Waals surface area contributed by atoms with E-state index in [4.69, 9.17) is 5.11 Å². The summed E-state index contributed by atoms with van der Waals surface area (Å²) in [6, 6.07) is 4.99. The number of nitrogens with zero attached hydrogens (tertiary/aromatic N) is 1. The lowest BCUT2D eigenvalue weighted by molar-refractivity contribution is -0.141. The Morgan fingerprint density at radius 2 is 1.90 bits per heavy atom. The molecule has 1 N–H and O–H groups in total. The van der Waals surface area contributed by atoms with Crippen molar-refractivity contribution < 1.29 is 19.5 Å². The minimum atomic E-state index is -0.881. The van der Waals surface area contributed by atoms with Gasteiger partial charge in [-0.1, -0.05) is 22.4 Å². The highest BCUT2D eigenvalue weighted by atomic mass is 79.9. The van der Waals surface area contributed by atoms with Crippen LogP contribution in [0, 0.1) is 5.41 Å². The van der Waals surface area contributed by atoms with Crippen molar-refractivity contribution in [1.29, 1.82) is 0 Å². The number of benzene rings is 1. The molecule has 0 radical (unpaired) electrons. The van der Waals surface area contributed by atoms with Gasteiger partial charge in [0.25, 0.3) is 11.8 Å². The van der Waals surface area contributed by atoms with Gasteiger partial charge in [-0.2, -0.15) is 0 Å². The van der Waals surface area contributed by atoms with E-state index < -0.39 is 11.4 Å². The van der Waals surface area contributed by atoms with Crippen LogP contribution in [0.3, 0.4) is 0 Å². The maximum Gasteiger partial charge on any atom is 0.303 e. The Morgan fingerprint density at radius 3 is 2.48 bits per heavy atom. The lowest BCUT2D eigenvalue weighted by Gasteiger charge is -2.42. The Hall–Kier alpha value is -1.69. The fraction of sp³-hybridized carbons (Fsp3) is 0.400. The van der Waals surface area contributed by atoms with Crippen molar-refractivity contribution in [1.82, 2.24) is 4.90 Å². The highest BCUT2D eigenvalue weighted by Crippen LogP contribution is 2.45. The standard InChI is InChI=1S/C15H14BrNO4/c16-9-2-3-10-11(6-9)14(21)17(13(10)20)8-15(4-1-5-15)7-12(18)19/h2-3,6H,1,4-5,7-8H2,(H,18,19). The number of fused-ring (bicyclic) bond motifs is 1. The zero-order chi connectivity index (χ0) is 15.2. The van der Waals surface area contributed by atoms with E-state index in [0.717, 1.165) is 23.7 Å². The Morgan fingerprint density at radius 1 is 1.24 bits per heavy atom. The third kappa shape index (κ3) is 2.37. The first-order valence-corrected chi connectivity index (χ1v) is 7.59. The van der Waals surface area contributed by atoms with E-state index in [2.05, 4.69) is 15.9 Å². The molecule has 0 spiro atoms. The molecule has 1 heterocycles.